The molecule has 0 aliphatic heterocycles. The normalized spacial score (nSPS) is 10.1. The largest absolute Gasteiger partial charge is 0.496 e. The van der Waals surface area contributed by atoms with Gasteiger partial charge in [-0.25, -0.2) is 0 Å². The van der Waals surface area contributed by atoms with Crippen LogP contribution < -0.4 is 14.8 Å². The number of nitrogens with one attached hydrogen (secondary N) is 1. The average molecular weight is 351 g/mol. The highest BCUT2D eigenvalue weighted by Crippen LogP contribution is 2.30. The Balaban J connectivity index is 1.93. The third-order valence-corrected chi connectivity index (χ3v) is 3.34. The number of methoxy groups -OCH3 is 1. The molecule has 7 nitrogen and oxygen atoms in total. The number of benzene rings is 2. The van der Waals surface area contributed by atoms with Gasteiger partial charge >= 0.3 is 5.69 Å². The van der Waals surface area contributed by atoms with Gasteiger partial charge in [0.25, 0.3) is 5.91 Å². The van der Waals surface area contributed by atoms with Crippen LogP contribution in [0.2, 0.25) is 5.02 Å². The predicted molar refractivity (Wildman–Crippen MR) is 88.4 cm³/mol. The second-order valence-electron chi connectivity index (χ2n) is 4.79. The molecular formula is C16H15ClN2O5. The molecule has 2 rings (SSSR count). The molecule has 2 aromatic rings. The fourth-order valence-electron chi connectivity index (χ4n) is 1.93. The van der Waals surface area contributed by atoms with Gasteiger partial charge in [0.2, 0.25) is 0 Å². The topological polar surface area (TPSA) is 90.7 Å². The zero-order chi connectivity index (χ0) is 17.5. The molecule has 0 aliphatic rings. The summed E-state index contributed by atoms with van der Waals surface area (Å²) in [7, 11) is 1.41. The lowest BCUT2D eigenvalue weighted by Gasteiger charge is -2.09. The van der Waals surface area contributed by atoms with E-state index < -0.39 is 10.8 Å². The van der Waals surface area contributed by atoms with Gasteiger partial charge in [0.1, 0.15) is 5.75 Å². The molecule has 1 amide bonds. The number of rotatable bonds is 7. The zero-order valence-corrected chi connectivity index (χ0v) is 13.6. The van der Waals surface area contributed by atoms with Gasteiger partial charge in [0, 0.05) is 11.6 Å². The number of halogens is 1. The van der Waals surface area contributed by atoms with Crippen LogP contribution in [0, 0.1) is 10.1 Å². The Bertz CT molecular complexity index is 751. The molecule has 0 aromatic heterocycles. The van der Waals surface area contributed by atoms with Crippen LogP contribution in [0.25, 0.3) is 0 Å². The second-order valence-corrected chi connectivity index (χ2v) is 5.22. The van der Waals surface area contributed by atoms with Gasteiger partial charge in [-0.1, -0.05) is 23.7 Å². The van der Waals surface area contributed by atoms with Crippen LogP contribution in [0.3, 0.4) is 0 Å². The SMILES string of the molecule is COc1ccc(OCC(=O)NCc2cccc(Cl)c2)c([N+](=O)[O-])c1. The van der Waals surface area contributed by atoms with Gasteiger partial charge in [-0.2, -0.15) is 0 Å². The number of amides is 1. The molecule has 0 heterocycles. The Kier molecular flexibility index (Phi) is 5.97. The van der Waals surface area contributed by atoms with Crippen molar-refractivity contribution < 1.29 is 19.2 Å². The van der Waals surface area contributed by atoms with E-state index in [1.165, 1.54) is 25.3 Å². The molecule has 126 valence electrons. The van der Waals surface area contributed by atoms with E-state index in [1.54, 1.807) is 18.2 Å². The van der Waals surface area contributed by atoms with Crippen LogP contribution in [0.15, 0.2) is 42.5 Å². The number of ether oxygens (including phenoxy) is 2. The summed E-state index contributed by atoms with van der Waals surface area (Å²) in [4.78, 5) is 22.3. The smallest absolute Gasteiger partial charge is 0.314 e. The summed E-state index contributed by atoms with van der Waals surface area (Å²) in [6.45, 7) is -0.0544. The lowest BCUT2D eigenvalue weighted by molar-refractivity contribution is -0.385. The average Bonchev–Trinajstić information content (AvgIpc) is 2.58. The Morgan fingerprint density at radius 1 is 1.29 bits per heavy atom. The molecule has 2 aromatic carbocycles. The highest BCUT2D eigenvalue weighted by Gasteiger charge is 2.17. The molecule has 24 heavy (non-hydrogen) atoms. The van der Waals surface area contributed by atoms with E-state index in [2.05, 4.69) is 5.32 Å². The molecule has 1 N–H and O–H groups in total. The van der Waals surface area contributed by atoms with Crippen molar-refractivity contribution in [1.82, 2.24) is 5.32 Å². The number of carbonyl (C=O) groups excluding carboxylic acids is 1. The summed E-state index contributed by atoms with van der Waals surface area (Å²) in [5.41, 5.74) is 0.572. The van der Waals surface area contributed by atoms with Gasteiger partial charge in [-0.3, -0.25) is 14.9 Å². The van der Waals surface area contributed by atoms with Crippen molar-refractivity contribution in [3.05, 3.63) is 63.2 Å². The van der Waals surface area contributed by atoms with Gasteiger partial charge in [0.15, 0.2) is 12.4 Å². The molecule has 0 aliphatic carbocycles. The van der Waals surface area contributed by atoms with Crippen LogP contribution in [-0.4, -0.2) is 24.5 Å². The third kappa shape index (κ3) is 4.85. The summed E-state index contributed by atoms with van der Waals surface area (Å²) in [6, 6.07) is 11.2. The van der Waals surface area contributed by atoms with Crippen molar-refractivity contribution in [2.24, 2.45) is 0 Å². The predicted octanol–water partition coefficient (Wildman–Crippen LogP) is 2.95. The maximum atomic E-state index is 11.8. The fourth-order valence-corrected chi connectivity index (χ4v) is 2.14. The Labute approximate surface area is 143 Å². The molecule has 0 fully saturated rings. The lowest BCUT2D eigenvalue weighted by Crippen LogP contribution is -2.28. The van der Waals surface area contributed by atoms with Gasteiger partial charge in [-0.05, 0) is 29.8 Å². The summed E-state index contributed by atoms with van der Waals surface area (Å²) in [5, 5.41) is 14.3. The Morgan fingerprint density at radius 2 is 2.08 bits per heavy atom. The van der Waals surface area contributed by atoms with Crippen LogP contribution in [0.1, 0.15) is 5.56 Å². The summed E-state index contributed by atoms with van der Waals surface area (Å²) >= 11 is 5.86. The van der Waals surface area contributed by atoms with E-state index in [0.29, 0.717) is 10.8 Å². The summed E-state index contributed by atoms with van der Waals surface area (Å²) < 4.78 is 10.2. The van der Waals surface area contributed by atoms with E-state index in [1.807, 2.05) is 6.07 Å². The number of hydrogen-bond donors (Lipinski definition) is 1. The Morgan fingerprint density at radius 3 is 2.75 bits per heavy atom. The first kappa shape index (κ1) is 17.6. The number of carbonyl (C=O) groups is 1. The number of nitrogens with zero attached hydrogens (tertiary/aromatic N) is 1. The van der Waals surface area contributed by atoms with Crippen LogP contribution >= 0.6 is 11.6 Å². The highest BCUT2D eigenvalue weighted by atomic mass is 35.5. The zero-order valence-electron chi connectivity index (χ0n) is 12.8. The first-order chi connectivity index (χ1) is 11.5. The first-order valence-corrected chi connectivity index (χ1v) is 7.34. The molecule has 0 bridgehead atoms. The minimum Gasteiger partial charge on any atom is -0.496 e. The molecule has 8 heteroatoms. The van der Waals surface area contributed by atoms with Gasteiger partial charge < -0.3 is 14.8 Å². The standard InChI is InChI=1S/C16H15ClN2O5/c1-23-13-5-6-15(14(8-13)19(21)22)24-10-16(20)18-9-11-3-2-4-12(17)7-11/h2-8H,9-10H2,1H3,(H,18,20). The van der Waals surface area contributed by atoms with Crippen molar-refractivity contribution >= 4 is 23.2 Å². The van der Waals surface area contributed by atoms with Crippen molar-refractivity contribution in [1.29, 1.82) is 0 Å². The van der Waals surface area contributed by atoms with Crippen molar-refractivity contribution in [2.45, 2.75) is 6.54 Å². The van der Waals surface area contributed by atoms with Crippen LogP contribution in [0.5, 0.6) is 11.5 Å². The molecule has 0 atom stereocenters. The molecule has 0 saturated carbocycles. The number of hydrogen-bond acceptors (Lipinski definition) is 5. The fraction of sp³-hybridized carbons (Fsp3) is 0.188. The molecular weight excluding hydrogens is 336 g/mol. The number of nitro benzene ring substituents is 1. The minimum absolute atomic E-state index is 0.00120. The van der Waals surface area contributed by atoms with E-state index in [4.69, 9.17) is 21.1 Å². The second kappa shape index (κ2) is 8.16. The monoisotopic (exact) mass is 350 g/mol. The van der Waals surface area contributed by atoms with Gasteiger partial charge in [0.05, 0.1) is 18.1 Å². The molecule has 0 radical (unpaired) electrons. The van der Waals surface area contributed by atoms with Crippen LogP contribution in [0.4, 0.5) is 5.69 Å². The highest BCUT2D eigenvalue weighted by molar-refractivity contribution is 6.30. The Hall–Kier alpha value is -2.80. The summed E-state index contributed by atoms with van der Waals surface area (Å²) in [5.74, 6) is -0.0711. The third-order valence-electron chi connectivity index (χ3n) is 3.10. The van der Waals surface area contributed by atoms with E-state index in [-0.39, 0.29) is 24.6 Å². The molecule has 0 unspecified atom stereocenters. The van der Waals surface area contributed by atoms with E-state index in [9.17, 15) is 14.9 Å². The van der Waals surface area contributed by atoms with Gasteiger partial charge in [-0.15, -0.1) is 0 Å². The van der Waals surface area contributed by atoms with Crippen LogP contribution in [-0.2, 0) is 11.3 Å². The quantitative estimate of drug-likeness (QED) is 0.612. The summed E-state index contributed by atoms with van der Waals surface area (Å²) in [6.07, 6.45) is 0. The van der Waals surface area contributed by atoms with Crippen molar-refractivity contribution in [3.63, 3.8) is 0 Å². The van der Waals surface area contributed by atoms with Crippen molar-refractivity contribution in [3.8, 4) is 11.5 Å². The van der Waals surface area contributed by atoms with Crippen molar-refractivity contribution in [2.75, 3.05) is 13.7 Å². The lowest BCUT2D eigenvalue weighted by atomic mass is 10.2. The molecule has 0 saturated heterocycles. The molecule has 0 spiro atoms. The van der Waals surface area contributed by atoms with E-state index >= 15 is 0 Å². The maximum absolute atomic E-state index is 11.8. The maximum Gasteiger partial charge on any atom is 0.314 e. The minimum atomic E-state index is -0.596. The first-order valence-electron chi connectivity index (χ1n) is 6.96. The van der Waals surface area contributed by atoms with E-state index in [0.717, 1.165) is 5.56 Å². The number of nitro groups is 1.